The van der Waals surface area contributed by atoms with Crippen LogP contribution < -0.4 is 0 Å². The predicted molar refractivity (Wildman–Crippen MR) is 33.4 cm³/mol. The molecule has 0 aliphatic carbocycles. The zero-order valence-electron chi connectivity index (χ0n) is 6.47. The van der Waals surface area contributed by atoms with E-state index in [9.17, 15) is 26.3 Å². The van der Waals surface area contributed by atoms with Crippen LogP contribution in [-0.2, 0) is 0 Å². The Labute approximate surface area is 74.2 Å². The molecule has 0 aliphatic heterocycles. The maximum atomic E-state index is 12.0. The summed E-state index contributed by atoms with van der Waals surface area (Å²) in [6.07, 6.45) is -8.81. The van der Waals surface area contributed by atoms with Crippen molar-refractivity contribution in [3.05, 3.63) is 18.7 Å². The van der Waals surface area contributed by atoms with Crippen LogP contribution in [0.1, 0.15) is 6.04 Å². The van der Waals surface area contributed by atoms with Gasteiger partial charge in [0, 0.05) is 12.4 Å². The van der Waals surface area contributed by atoms with Crippen LogP contribution in [-0.4, -0.2) is 21.9 Å². The van der Waals surface area contributed by atoms with Crippen LogP contribution in [0.5, 0.6) is 0 Å². The van der Waals surface area contributed by atoms with E-state index in [4.69, 9.17) is 0 Å². The molecule has 1 heterocycles. The van der Waals surface area contributed by atoms with Gasteiger partial charge in [-0.3, -0.25) is 0 Å². The average molecular weight is 218 g/mol. The zero-order valence-corrected chi connectivity index (χ0v) is 6.47. The van der Waals surface area contributed by atoms with E-state index in [2.05, 4.69) is 4.98 Å². The van der Waals surface area contributed by atoms with Crippen molar-refractivity contribution in [1.29, 1.82) is 0 Å². The highest BCUT2D eigenvalue weighted by molar-refractivity contribution is 4.88. The Bertz CT molecular complexity index is 270. The monoisotopic (exact) mass is 218 g/mol. The van der Waals surface area contributed by atoms with Crippen molar-refractivity contribution in [1.82, 2.24) is 9.55 Å². The summed E-state index contributed by atoms with van der Waals surface area (Å²) in [7, 11) is 0. The molecule has 1 aromatic rings. The second-order valence-electron chi connectivity index (χ2n) is 2.50. The number of aromatic nitrogens is 2. The summed E-state index contributed by atoms with van der Waals surface area (Å²) in [6.45, 7) is 0. The van der Waals surface area contributed by atoms with Crippen LogP contribution in [0.15, 0.2) is 18.7 Å². The number of imidazole rings is 1. The fourth-order valence-corrected chi connectivity index (χ4v) is 0.946. The predicted octanol–water partition coefficient (Wildman–Crippen LogP) is 2.55. The van der Waals surface area contributed by atoms with Gasteiger partial charge in [-0.25, -0.2) is 4.98 Å². The smallest absolute Gasteiger partial charge is 0.318 e. The summed E-state index contributed by atoms with van der Waals surface area (Å²) in [5.74, 6) is 0. The first kappa shape index (κ1) is 10.9. The Morgan fingerprint density at radius 3 is 1.79 bits per heavy atom. The third-order valence-corrected chi connectivity index (χ3v) is 1.44. The molecule has 0 unspecified atom stereocenters. The maximum absolute atomic E-state index is 12.0. The van der Waals surface area contributed by atoms with Gasteiger partial charge < -0.3 is 4.57 Å². The minimum Gasteiger partial charge on any atom is -0.318 e. The molecule has 0 atom stereocenters. The Hall–Kier alpha value is -1.21. The van der Waals surface area contributed by atoms with Crippen molar-refractivity contribution in [2.45, 2.75) is 18.4 Å². The van der Waals surface area contributed by atoms with Gasteiger partial charge >= 0.3 is 12.4 Å². The lowest BCUT2D eigenvalue weighted by atomic mass is 10.3. The molecule has 0 aromatic carbocycles. The third-order valence-electron chi connectivity index (χ3n) is 1.44. The van der Waals surface area contributed by atoms with Gasteiger partial charge in [0.05, 0.1) is 6.33 Å². The van der Waals surface area contributed by atoms with Crippen LogP contribution in [0.25, 0.3) is 0 Å². The lowest BCUT2D eigenvalue weighted by Crippen LogP contribution is -2.38. The third kappa shape index (κ3) is 2.18. The summed E-state index contributed by atoms with van der Waals surface area (Å²) < 4.78 is 72.0. The SMILES string of the molecule is FC(F)(F)C(n1ccnc1)C(F)(F)F. The number of halogens is 6. The Balaban J connectivity index is 3.08. The summed E-state index contributed by atoms with van der Waals surface area (Å²) in [5, 5.41) is 0. The molecular weight excluding hydrogens is 214 g/mol. The van der Waals surface area contributed by atoms with Gasteiger partial charge in [0.25, 0.3) is 0 Å². The molecule has 8 heteroatoms. The van der Waals surface area contributed by atoms with Crippen molar-refractivity contribution in [3.8, 4) is 0 Å². The van der Waals surface area contributed by atoms with Crippen LogP contribution in [0.2, 0.25) is 0 Å². The van der Waals surface area contributed by atoms with Gasteiger partial charge in [0.2, 0.25) is 6.04 Å². The van der Waals surface area contributed by atoms with Crippen molar-refractivity contribution >= 4 is 0 Å². The fraction of sp³-hybridized carbons (Fsp3) is 0.500. The normalized spacial score (nSPS) is 13.6. The van der Waals surface area contributed by atoms with E-state index in [1.54, 1.807) is 0 Å². The van der Waals surface area contributed by atoms with E-state index in [1.807, 2.05) is 0 Å². The molecule has 0 amide bonds. The number of nitrogens with zero attached hydrogens (tertiary/aromatic N) is 2. The van der Waals surface area contributed by atoms with Crippen LogP contribution >= 0.6 is 0 Å². The average Bonchev–Trinajstić information content (AvgIpc) is 2.31. The lowest BCUT2D eigenvalue weighted by Gasteiger charge is -2.23. The fourth-order valence-electron chi connectivity index (χ4n) is 0.946. The molecule has 14 heavy (non-hydrogen) atoms. The lowest BCUT2D eigenvalue weighted by molar-refractivity contribution is -0.274. The number of hydrogen-bond acceptors (Lipinski definition) is 1. The molecule has 80 valence electrons. The second-order valence-corrected chi connectivity index (χ2v) is 2.50. The second kappa shape index (κ2) is 3.18. The first-order valence-electron chi connectivity index (χ1n) is 3.34. The standard InChI is InChI=1S/C6H4F6N2/c7-5(8,9)4(6(10,11)12)14-2-1-13-3-14/h1-4H. The van der Waals surface area contributed by atoms with E-state index in [0.717, 1.165) is 6.20 Å². The number of rotatable bonds is 1. The zero-order chi connectivity index (χ0) is 11.0. The molecule has 1 rings (SSSR count). The van der Waals surface area contributed by atoms with E-state index >= 15 is 0 Å². The molecule has 0 radical (unpaired) electrons. The highest BCUT2D eigenvalue weighted by Crippen LogP contribution is 2.42. The van der Waals surface area contributed by atoms with Gasteiger partial charge in [-0.05, 0) is 0 Å². The van der Waals surface area contributed by atoms with E-state index in [1.165, 1.54) is 0 Å². The number of alkyl halides is 6. The summed E-state index contributed by atoms with van der Waals surface area (Å²) in [4.78, 5) is 3.13. The molecule has 2 nitrogen and oxygen atoms in total. The van der Waals surface area contributed by atoms with Gasteiger partial charge in [0.15, 0.2) is 0 Å². The molecule has 1 aromatic heterocycles. The topological polar surface area (TPSA) is 17.8 Å². The minimum absolute atomic E-state index is 0.0278. The van der Waals surface area contributed by atoms with Crippen molar-refractivity contribution in [2.24, 2.45) is 0 Å². The Morgan fingerprint density at radius 2 is 1.50 bits per heavy atom. The summed E-state index contributed by atoms with van der Waals surface area (Å²) in [6, 6.07) is -3.53. The van der Waals surface area contributed by atoms with Gasteiger partial charge in [0.1, 0.15) is 0 Å². The van der Waals surface area contributed by atoms with Crippen LogP contribution in [0, 0.1) is 0 Å². The Kier molecular flexibility index (Phi) is 2.47. The van der Waals surface area contributed by atoms with Crippen LogP contribution in [0.4, 0.5) is 26.3 Å². The van der Waals surface area contributed by atoms with E-state index in [0.29, 0.717) is 12.5 Å². The highest BCUT2D eigenvalue weighted by atomic mass is 19.4. The molecule has 0 spiro atoms. The molecule has 0 N–H and O–H groups in total. The molecular formula is C6H4F6N2. The molecule has 0 saturated carbocycles. The molecule has 0 bridgehead atoms. The highest BCUT2D eigenvalue weighted by Gasteiger charge is 2.57. The van der Waals surface area contributed by atoms with Crippen molar-refractivity contribution < 1.29 is 26.3 Å². The van der Waals surface area contributed by atoms with Gasteiger partial charge in [-0.15, -0.1) is 0 Å². The molecule has 0 saturated heterocycles. The van der Waals surface area contributed by atoms with Gasteiger partial charge in [-0.1, -0.05) is 0 Å². The van der Waals surface area contributed by atoms with E-state index in [-0.39, 0.29) is 4.57 Å². The summed E-state index contributed by atoms with van der Waals surface area (Å²) >= 11 is 0. The van der Waals surface area contributed by atoms with Gasteiger partial charge in [-0.2, -0.15) is 26.3 Å². The number of hydrogen-bond donors (Lipinski definition) is 0. The van der Waals surface area contributed by atoms with Crippen molar-refractivity contribution in [3.63, 3.8) is 0 Å². The quantitative estimate of drug-likeness (QED) is 0.662. The largest absolute Gasteiger partial charge is 0.418 e. The van der Waals surface area contributed by atoms with Crippen LogP contribution in [0.3, 0.4) is 0 Å². The molecule has 0 fully saturated rings. The first-order chi connectivity index (χ1) is 6.23. The van der Waals surface area contributed by atoms with Crippen molar-refractivity contribution in [2.75, 3.05) is 0 Å². The summed E-state index contributed by atoms with van der Waals surface area (Å²) in [5.41, 5.74) is 0. The maximum Gasteiger partial charge on any atom is 0.418 e. The molecule has 0 aliphatic rings. The first-order valence-corrected chi connectivity index (χ1v) is 3.34. The Morgan fingerprint density at radius 1 is 1.00 bits per heavy atom. The minimum atomic E-state index is -5.38. The van der Waals surface area contributed by atoms with E-state index < -0.39 is 18.4 Å².